The summed E-state index contributed by atoms with van der Waals surface area (Å²) in [6.07, 6.45) is 1.35. The molecule has 25 heavy (non-hydrogen) atoms. The van der Waals surface area contributed by atoms with Crippen LogP contribution in [0.5, 0.6) is 5.75 Å². The summed E-state index contributed by atoms with van der Waals surface area (Å²) in [7, 11) is 0. The second kappa shape index (κ2) is 7.10. The molecule has 0 saturated heterocycles. The minimum atomic E-state index is -0.854. The molecular formula is C17H20N2O6. The molecule has 134 valence electrons. The van der Waals surface area contributed by atoms with E-state index in [1.165, 1.54) is 0 Å². The first-order valence-electron chi connectivity index (χ1n) is 8.13. The largest absolute Gasteiger partial charge is 0.481 e. The molecular weight excluding hydrogens is 328 g/mol. The van der Waals surface area contributed by atoms with Crippen molar-refractivity contribution >= 4 is 23.5 Å². The van der Waals surface area contributed by atoms with Crippen molar-refractivity contribution in [2.24, 2.45) is 29.4 Å². The van der Waals surface area contributed by atoms with Crippen LogP contribution in [0, 0.1) is 23.7 Å². The minimum Gasteiger partial charge on any atom is -0.481 e. The summed E-state index contributed by atoms with van der Waals surface area (Å²) < 4.78 is 10.2. The molecule has 1 aromatic rings. The van der Waals surface area contributed by atoms with E-state index in [0.29, 0.717) is 17.9 Å². The summed E-state index contributed by atoms with van der Waals surface area (Å²) in [5, 5.41) is 11.7. The second-order valence-corrected chi connectivity index (χ2v) is 6.28. The molecule has 4 atom stereocenters. The number of hydrogen-bond acceptors (Lipinski definition) is 6. The van der Waals surface area contributed by atoms with Crippen molar-refractivity contribution in [1.82, 2.24) is 0 Å². The molecule has 8 nitrogen and oxygen atoms in total. The number of hydrogen-bond donors (Lipinski definition) is 3. The Bertz CT molecular complexity index is 674. The number of benzene rings is 1. The van der Waals surface area contributed by atoms with Gasteiger partial charge in [0, 0.05) is 5.69 Å². The van der Waals surface area contributed by atoms with Gasteiger partial charge in [0.1, 0.15) is 12.5 Å². The fraction of sp³-hybridized carbons (Fsp3) is 0.471. The Balaban J connectivity index is 1.44. The van der Waals surface area contributed by atoms with Gasteiger partial charge in [0.2, 0.25) is 0 Å². The molecule has 2 aliphatic rings. The molecule has 0 aromatic heterocycles. The number of ether oxygens (including phenoxy) is 2. The van der Waals surface area contributed by atoms with Crippen LogP contribution in [0.1, 0.15) is 12.8 Å². The summed E-state index contributed by atoms with van der Waals surface area (Å²) in [5.74, 6) is -2.12. The summed E-state index contributed by atoms with van der Waals surface area (Å²) in [6, 6.07) is 6.61. The lowest BCUT2D eigenvalue weighted by atomic mass is 10.0. The zero-order valence-corrected chi connectivity index (χ0v) is 13.5. The number of amides is 1. The molecule has 4 unspecified atom stereocenters. The fourth-order valence-electron chi connectivity index (χ4n) is 3.68. The number of nitrogens with one attached hydrogen (secondary N) is 1. The normalized spacial score (nSPS) is 26.4. The van der Waals surface area contributed by atoms with E-state index in [9.17, 15) is 14.4 Å². The van der Waals surface area contributed by atoms with E-state index >= 15 is 0 Å². The van der Waals surface area contributed by atoms with Gasteiger partial charge in [0.05, 0.1) is 11.8 Å². The van der Waals surface area contributed by atoms with Gasteiger partial charge in [-0.05, 0) is 48.9 Å². The van der Waals surface area contributed by atoms with Gasteiger partial charge in [-0.2, -0.15) is 0 Å². The van der Waals surface area contributed by atoms with Gasteiger partial charge in [-0.25, -0.2) is 0 Å². The van der Waals surface area contributed by atoms with Gasteiger partial charge in [0.15, 0.2) is 6.61 Å². The van der Waals surface area contributed by atoms with Crippen molar-refractivity contribution < 1.29 is 29.0 Å². The monoisotopic (exact) mass is 348 g/mol. The van der Waals surface area contributed by atoms with Gasteiger partial charge < -0.3 is 19.9 Å². The zero-order chi connectivity index (χ0) is 18.0. The topological polar surface area (TPSA) is 128 Å². The zero-order valence-electron chi connectivity index (χ0n) is 13.5. The number of carbonyl (C=O) groups is 3. The number of aliphatic carboxylic acids is 1. The van der Waals surface area contributed by atoms with Crippen molar-refractivity contribution in [3.05, 3.63) is 24.3 Å². The number of fused-ring (bicyclic) bond motifs is 1. The predicted molar refractivity (Wildman–Crippen MR) is 86.5 cm³/mol. The summed E-state index contributed by atoms with van der Waals surface area (Å²) in [5.41, 5.74) is 5.80. The lowest BCUT2D eigenvalue weighted by molar-refractivity contribution is -0.152. The molecule has 0 radical (unpaired) electrons. The predicted octanol–water partition coefficient (Wildman–Crippen LogP) is 0.820. The highest BCUT2D eigenvalue weighted by atomic mass is 16.5. The third-order valence-electron chi connectivity index (χ3n) is 4.83. The number of esters is 1. The van der Waals surface area contributed by atoms with Crippen LogP contribution < -0.4 is 15.8 Å². The molecule has 1 aromatic carbocycles. The van der Waals surface area contributed by atoms with Crippen molar-refractivity contribution in [1.29, 1.82) is 0 Å². The van der Waals surface area contributed by atoms with Gasteiger partial charge in [-0.3, -0.25) is 20.1 Å². The van der Waals surface area contributed by atoms with E-state index in [2.05, 4.69) is 5.32 Å². The molecule has 0 spiro atoms. The van der Waals surface area contributed by atoms with Crippen LogP contribution >= 0.6 is 0 Å². The molecule has 3 rings (SSSR count). The first-order chi connectivity index (χ1) is 12.0. The standard InChI is InChI=1S/C17H20N2O6/c18-8-25-10-3-1-9(2-4-10)19-13(20)7-24-17(23)12-6-5-11-14(12)15(11)16(21)22/h1-4,11-12,14-15H,5-8,18H2,(H,19,20)(H,21,22). The number of rotatable bonds is 7. The first-order valence-corrected chi connectivity index (χ1v) is 8.13. The van der Waals surface area contributed by atoms with E-state index < -0.39 is 36.3 Å². The molecule has 4 N–H and O–H groups in total. The molecule has 2 aliphatic carbocycles. The first kappa shape index (κ1) is 17.2. The van der Waals surface area contributed by atoms with E-state index in [-0.39, 0.29) is 18.6 Å². The molecule has 2 fully saturated rings. The van der Waals surface area contributed by atoms with Gasteiger partial charge in [0.25, 0.3) is 5.91 Å². The average Bonchev–Trinajstić information content (AvgIpc) is 3.15. The van der Waals surface area contributed by atoms with Crippen LogP contribution in [-0.2, 0) is 19.1 Å². The van der Waals surface area contributed by atoms with E-state index in [0.717, 1.165) is 6.42 Å². The molecule has 0 bridgehead atoms. The van der Waals surface area contributed by atoms with Crippen LogP contribution in [-0.4, -0.2) is 36.3 Å². The maximum atomic E-state index is 12.1. The highest BCUT2D eigenvalue weighted by Gasteiger charge is 2.63. The van der Waals surface area contributed by atoms with Crippen molar-refractivity contribution in [2.75, 3.05) is 18.7 Å². The maximum absolute atomic E-state index is 12.1. The molecule has 0 aliphatic heterocycles. The van der Waals surface area contributed by atoms with E-state index in [4.69, 9.17) is 20.3 Å². The highest BCUT2D eigenvalue weighted by Crippen LogP contribution is 2.60. The Kier molecular flexibility index (Phi) is 4.89. The number of carbonyl (C=O) groups excluding carboxylic acids is 2. The smallest absolute Gasteiger partial charge is 0.309 e. The SMILES string of the molecule is NCOc1ccc(NC(=O)COC(=O)C2CCC3C(C(=O)O)C23)cc1. The third kappa shape index (κ3) is 3.74. The Morgan fingerprint density at radius 1 is 1.20 bits per heavy atom. The van der Waals surface area contributed by atoms with Crippen LogP contribution in [0.4, 0.5) is 5.69 Å². The van der Waals surface area contributed by atoms with Gasteiger partial charge in [-0.15, -0.1) is 0 Å². The van der Waals surface area contributed by atoms with Gasteiger partial charge in [-0.1, -0.05) is 0 Å². The van der Waals surface area contributed by atoms with Crippen LogP contribution in [0.15, 0.2) is 24.3 Å². The van der Waals surface area contributed by atoms with E-state index in [1.54, 1.807) is 24.3 Å². The fourth-order valence-corrected chi connectivity index (χ4v) is 3.68. The summed E-state index contributed by atoms with van der Waals surface area (Å²) in [6.45, 7) is -0.334. The third-order valence-corrected chi connectivity index (χ3v) is 4.83. The molecule has 1 amide bonds. The highest BCUT2D eigenvalue weighted by molar-refractivity contribution is 5.93. The maximum Gasteiger partial charge on any atom is 0.309 e. The van der Waals surface area contributed by atoms with Crippen molar-refractivity contribution in [2.45, 2.75) is 12.8 Å². The van der Waals surface area contributed by atoms with Crippen molar-refractivity contribution in [3.63, 3.8) is 0 Å². The van der Waals surface area contributed by atoms with Crippen LogP contribution in [0.2, 0.25) is 0 Å². The Labute approximate surface area is 144 Å². The Morgan fingerprint density at radius 2 is 1.92 bits per heavy atom. The molecule has 2 saturated carbocycles. The van der Waals surface area contributed by atoms with Crippen LogP contribution in [0.25, 0.3) is 0 Å². The number of carboxylic acid groups (broad SMARTS) is 1. The van der Waals surface area contributed by atoms with Crippen LogP contribution in [0.3, 0.4) is 0 Å². The van der Waals surface area contributed by atoms with Crippen molar-refractivity contribution in [3.8, 4) is 5.75 Å². The summed E-state index contributed by atoms with van der Waals surface area (Å²) >= 11 is 0. The Hall–Kier alpha value is -2.61. The molecule has 8 heteroatoms. The van der Waals surface area contributed by atoms with E-state index in [1.807, 2.05) is 0 Å². The lowest BCUT2D eigenvalue weighted by Gasteiger charge is -2.13. The Morgan fingerprint density at radius 3 is 2.52 bits per heavy atom. The second-order valence-electron chi connectivity index (χ2n) is 6.28. The summed E-state index contributed by atoms with van der Waals surface area (Å²) in [4.78, 5) is 35.0. The average molecular weight is 348 g/mol. The number of anilines is 1. The number of carboxylic acids is 1. The van der Waals surface area contributed by atoms with Gasteiger partial charge >= 0.3 is 11.9 Å². The quantitative estimate of drug-likeness (QED) is 0.491. The minimum absolute atomic E-state index is 0.0629. The lowest BCUT2D eigenvalue weighted by Crippen LogP contribution is -2.26. The number of nitrogens with two attached hydrogens (primary N) is 1. The molecule has 0 heterocycles.